The maximum absolute atomic E-state index is 11.9. The molecule has 106 valence electrons. The average molecular weight is 326 g/mol. The van der Waals surface area contributed by atoms with E-state index in [0.29, 0.717) is 0 Å². The van der Waals surface area contributed by atoms with Crippen LogP contribution in [-0.4, -0.2) is 26.0 Å². The molecule has 0 aliphatic rings. The summed E-state index contributed by atoms with van der Waals surface area (Å²) in [5.41, 5.74) is 0. The van der Waals surface area contributed by atoms with E-state index >= 15 is 0 Å². The van der Waals surface area contributed by atoms with E-state index < -0.39 is 21.9 Å². The number of sulfonamides is 1. The van der Waals surface area contributed by atoms with Crippen LogP contribution in [0.15, 0.2) is 23.1 Å². The zero-order chi connectivity index (χ0) is 14.6. The Kier molecular flexibility index (Phi) is 5.61. The maximum atomic E-state index is 11.9. The number of carbonyl (C=O) groups is 1. The summed E-state index contributed by atoms with van der Waals surface area (Å²) in [4.78, 5) is 10.6. The first-order valence-corrected chi connectivity index (χ1v) is 7.65. The number of carboxylic acids is 1. The molecule has 0 saturated heterocycles. The molecule has 1 aromatic rings. The van der Waals surface area contributed by atoms with Crippen molar-refractivity contribution in [1.82, 2.24) is 4.72 Å². The number of hydrogen-bond acceptors (Lipinski definition) is 3. The van der Waals surface area contributed by atoms with E-state index in [2.05, 4.69) is 4.72 Å². The molecule has 1 unspecified atom stereocenters. The molecule has 1 atom stereocenters. The Morgan fingerprint density at radius 3 is 2.53 bits per heavy atom. The topological polar surface area (TPSA) is 83.5 Å². The minimum atomic E-state index is -3.71. The van der Waals surface area contributed by atoms with Crippen LogP contribution in [0.3, 0.4) is 0 Å². The van der Waals surface area contributed by atoms with Crippen molar-refractivity contribution in [3.05, 3.63) is 28.2 Å². The third-order valence-electron chi connectivity index (χ3n) is 2.49. The highest BCUT2D eigenvalue weighted by atomic mass is 35.5. The van der Waals surface area contributed by atoms with Gasteiger partial charge in [0.2, 0.25) is 10.0 Å². The molecule has 0 radical (unpaired) electrons. The van der Waals surface area contributed by atoms with Gasteiger partial charge in [0, 0.05) is 6.54 Å². The molecule has 1 aromatic carbocycles. The van der Waals surface area contributed by atoms with Gasteiger partial charge in [-0.25, -0.2) is 13.1 Å². The van der Waals surface area contributed by atoms with Crippen LogP contribution in [0, 0.1) is 5.92 Å². The lowest BCUT2D eigenvalue weighted by Gasteiger charge is -2.09. The van der Waals surface area contributed by atoms with E-state index in [1.165, 1.54) is 25.1 Å². The van der Waals surface area contributed by atoms with E-state index in [1.54, 1.807) is 0 Å². The highest BCUT2D eigenvalue weighted by Gasteiger charge is 2.17. The Morgan fingerprint density at radius 2 is 2.00 bits per heavy atom. The summed E-state index contributed by atoms with van der Waals surface area (Å²) in [7, 11) is -3.71. The van der Waals surface area contributed by atoms with Gasteiger partial charge >= 0.3 is 5.97 Å². The highest BCUT2D eigenvalue weighted by molar-refractivity contribution is 7.89. The molecule has 0 heterocycles. The molecule has 0 aromatic heterocycles. The van der Waals surface area contributed by atoms with Crippen LogP contribution in [0.5, 0.6) is 0 Å². The number of benzene rings is 1. The van der Waals surface area contributed by atoms with Gasteiger partial charge < -0.3 is 5.11 Å². The lowest BCUT2D eigenvalue weighted by molar-refractivity contribution is -0.141. The lowest BCUT2D eigenvalue weighted by atomic mass is 10.1. The predicted molar refractivity (Wildman–Crippen MR) is 73.1 cm³/mol. The van der Waals surface area contributed by atoms with Gasteiger partial charge in [-0.1, -0.05) is 30.1 Å². The first-order chi connectivity index (χ1) is 8.74. The summed E-state index contributed by atoms with van der Waals surface area (Å²) in [6.07, 6.45) is 0.204. The van der Waals surface area contributed by atoms with E-state index in [-0.39, 0.29) is 27.9 Å². The molecule has 0 amide bonds. The van der Waals surface area contributed by atoms with Crippen LogP contribution in [0.4, 0.5) is 0 Å². The van der Waals surface area contributed by atoms with Gasteiger partial charge in [-0.2, -0.15) is 0 Å². The number of rotatable bonds is 6. The molecule has 0 aliphatic heterocycles. The first kappa shape index (κ1) is 16.2. The highest BCUT2D eigenvalue weighted by Crippen LogP contribution is 2.24. The van der Waals surface area contributed by atoms with Gasteiger partial charge in [-0.15, -0.1) is 0 Å². The second-order valence-electron chi connectivity index (χ2n) is 4.00. The van der Waals surface area contributed by atoms with E-state index in [9.17, 15) is 13.2 Å². The van der Waals surface area contributed by atoms with E-state index in [0.717, 1.165) is 0 Å². The quantitative estimate of drug-likeness (QED) is 0.841. The van der Waals surface area contributed by atoms with Crippen LogP contribution in [-0.2, 0) is 14.8 Å². The third kappa shape index (κ3) is 4.65. The summed E-state index contributed by atoms with van der Waals surface area (Å²) in [5, 5.41) is 9.09. The Labute approximate surface area is 121 Å². The van der Waals surface area contributed by atoms with Crippen LogP contribution < -0.4 is 4.72 Å². The molecule has 0 spiro atoms. The van der Waals surface area contributed by atoms with Crippen molar-refractivity contribution >= 4 is 39.2 Å². The monoisotopic (exact) mass is 325 g/mol. The number of aliphatic carboxylic acids is 1. The molecule has 19 heavy (non-hydrogen) atoms. The van der Waals surface area contributed by atoms with Crippen LogP contribution in [0.1, 0.15) is 13.3 Å². The summed E-state index contributed by atoms with van der Waals surface area (Å²) < 4.78 is 26.1. The largest absolute Gasteiger partial charge is 0.481 e. The van der Waals surface area contributed by atoms with Crippen molar-refractivity contribution in [3.63, 3.8) is 0 Å². The molecular formula is C11H13Cl2NO4S. The van der Waals surface area contributed by atoms with Crippen molar-refractivity contribution in [1.29, 1.82) is 0 Å². The second kappa shape index (κ2) is 6.56. The Morgan fingerprint density at radius 1 is 1.37 bits per heavy atom. The van der Waals surface area contributed by atoms with Gasteiger partial charge in [0.25, 0.3) is 0 Å². The molecule has 0 fully saturated rings. The molecular weight excluding hydrogens is 313 g/mol. The molecule has 2 N–H and O–H groups in total. The number of hydrogen-bond donors (Lipinski definition) is 2. The molecule has 1 rings (SSSR count). The summed E-state index contributed by atoms with van der Waals surface area (Å²) >= 11 is 11.4. The molecule has 5 nitrogen and oxygen atoms in total. The second-order valence-corrected chi connectivity index (χ2v) is 6.58. The zero-order valence-electron chi connectivity index (χ0n) is 10.1. The summed E-state index contributed by atoms with van der Waals surface area (Å²) in [6, 6.07) is 3.96. The van der Waals surface area contributed by atoms with Crippen molar-refractivity contribution < 1.29 is 18.3 Å². The Balaban J connectivity index is 2.71. The van der Waals surface area contributed by atoms with Crippen molar-refractivity contribution in [2.45, 2.75) is 18.2 Å². The summed E-state index contributed by atoms with van der Waals surface area (Å²) in [5.74, 6) is -1.58. The van der Waals surface area contributed by atoms with E-state index in [1.807, 2.05) is 0 Å². The number of carboxylic acid groups (broad SMARTS) is 1. The smallest absolute Gasteiger partial charge is 0.306 e. The van der Waals surface area contributed by atoms with Crippen LogP contribution in [0.2, 0.25) is 10.0 Å². The van der Waals surface area contributed by atoms with Gasteiger partial charge in [0.1, 0.15) is 0 Å². The fraction of sp³-hybridized carbons (Fsp3) is 0.364. The van der Waals surface area contributed by atoms with Crippen molar-refractivity contribution in [3.8, 4) is 0 Å². The van der Waals surface area contributed by atoms with Gasteiger partial charge in [0.15, 0.2) is 0 Å². The third-order valence-corrected chi connectivity index (χ3v) is 4.69. The fourth-order valence-electron chi connectivity index (χ4n) is 1.26. The van der Waals surface area contributed by atoms with Gasteiger partial charge in [0.05, 0.1) is 20.9 Å². The van der Waals surface area contributed by atoms with Crippen LogP contribution in [0.25, 0.3) is 0 Å². The normalized spacial score (nSPS) is 13.2. The molecule has 0 saturated carbocycles. The van der Waals surface area contributed by atoms with Gasteiger partial charge in [-0.3, -0.25) is 4.79 Å². The maximum Gasteiger partial charge on any atom is 0.306 e. The first-order valence-electron chi connectivity index (χ1n) is 5.41. The van der Waals surface area contributed by atoms with Gasteiger partial charge in [-0.05, 0) is 24.6 Å². The minimum absolute atomic E-state index is 0.00937. The van der Waals surface area contributed by atoms with Crippen molar-refractivity contribution in [2.75, 3.05) is 6.54 Å². The number of nitrogens with one attached hydrogen (secondary N) is 1. The predicted octanol–water partition coefficient (Wildman–Crippen LogP) is 2.38. The Bertz CT molecular complexity index is 574. The van der Waals surface area contributed by atoms with E-state index in [4.69, 9.17) is 28.3 Å². The zero-order valence-corrected chi connectivity index (χ0v) is 12.4. The van der Waals surface area contributed by atoms with Crippen LogP contribution >= 0.6 is 23.2 Å². The Hall–Kier alpha value is -0.820. The van der Waals surface area contributed by atoms with Crippen molar-refractivity contribution in [2.24, 2.45) is 5.92 Å². The molecule has 0 bridgehead atoms. The standard InChI is InChI=1S/C11H13Cl2NO4S/c1-7(11(15)16)4-5-14-19(17,18)8-2-3-9(12)10(13)6-8/h2-3,6-7,14H,4-5H2,1H3,(H,15,16). The minimum Gasteiger partial charge on any atom is -0.481 e. The fourth-order valence-corrected chi connectivity index (χ4v) is 2.70. The SMILES string of the molecule is CC(CCNS(=O)(=O)c1ccc(Cl)c(Cl)c1)C(=O)O. The lowest BCUT2D eigenvalue weighted by Crippen LogP contribution is -2.27. The summed E-state index contributed by atoms with van der Waals surface area (Å²) in [6.45, 7) is 1.55. The molecule has 8 heteroatoms. The number of halogens is 2. The molecule has 0 aliphatic carbocycles. The average Bonchev–Trinajstić information content (AvgIpc) is 2.32.